The molecule has 55 heavy (non-hydrogen) atoms. The quantitative estimate of drug-likeness (QED) is 0.0370. The fourth-order valence-electron chi connectivity index (χ4n) is 4.53. The molecule has 0 saturated heterocycles. The van der Waals surface area contributed by atoms with Gasteiger partial charge in [-0.05, 0) is 74.5 Å². The largest absolute Gasteiger partial charge is 0.530 e. The van der Waals surface area contributed by atoms with Crippen molar-refractivity contribution < 1.29 is 31.7 Å². The maximum atomic E-state index is 15.9. The molecule has 282 valence electrons. The van der Waals surface area contributed by atoms with Crippen LogP contribution in [0.15, 0.2) is 194 Å². The molecule has 0 aliphatic rings. The minimum atomic E-state index is -3.72. The normalized spacial score (nSPS) is 13.5. The highest BCUT2D eigenvalue weighted by atomic mass is 31.2. The molecule has 0 fully saturated rings. The number of hydrogen-bond donors (Lipinski definition) is 0. The highest BCUT2D eigenvalue weighted by molar-refractivity contribution is 7.85. The van der Waals surface area contributed by atoms with E-state index in [1.807, 2.05) is 68.5 Å². The molecule has 0 saturated carbocycles. The van der Waals surface area contributed by atoms with Crippen LogP contribution >= 0.6 is 24.3 Å². The Morgan fingerprint density at radius 3 is 1.78 bits per heavy atom. The van der Waals surface area contributed by atoms with Crippen molar-refractivity contribution in [2.45, 2.75) is 13.8 Å². The Labute approximate surface area is 325 Å². The van der Waals surface area contributed by atoms with Crippen molar-refractivity contribution in [2.24, 2.45) is 4.99 Å². The molecule has 3 atom stereocenters. The number of nitrogens with zero attached hydrogens (tertiary/aromatic N) is 3. The van der Waals surface area contributed by atoms with Gasteiger partial charge in [-0.25, -0.2) is 0 Å². The Morgan fingerprint density at radius 2 is 1.27 bits per heavy atom. The van der Waals surface area contributed by atoms with Crippen molar-refractivity contribution in [2.75, 3.05) is 7.11 Å². The van der Waals surface area contributed by atoms with E-state index in [1.165, 1.54) is 7.11 Å². The molecule has 0 spiro atoms. The lowest BCUT2D eigenvalue weighted by atomic mass is 10.3. The average molecular weight is 794 g/mol. The van der Waals surface area contributed by atoms with Gasteiger partial charge >= 0.3 is 17.2 Å². The van der Waals surface area contributed by atoms with Crippen molar-refractivity contribution in [1.29, 1.82) is 0 Å². The van der Waals surface area contributed by atoms with Crippen LogP contribution in [-0.4, -0.2) is 23.3 Å². The Kier molecular flexibility index (Phi) is 17.8. The third kappa shape index (κ3) is 12.7. The average Bonchev–Trinajstić information content (AvgIpc) is 3.23. The standard InChI is InChI=1S/C36H33N2O7P3.C6H9N/c1-4-6-16-29(5-2)41-47(43-31-18-15-26-38-28-31)45-34-22-11-13-24-36(34)48(39,32-19-8-7-9-20-32)35-23-12-10-21-33(35)44-46(40-3)42-30-17-14-25-37-27-30;1-3-5-7-6-4-2/h4-28H,2H2,1,3H3;3-6H,1H2,2H3/b6-4-,29-16+;6-4-,7-5?. The highest BCUT2D eigenvalue weighted by Crippen LogP contribution is 2.52. The first-order valence-corrected chi connectivity index (χ1v) is 20.8. The molecular weight excluding hydrogens is 751 g/mol. The molecule has 2 aromatic heterocycles. The Bertz CT molecular complexity index is 2100. The predicted molar refractivity (Wildman–Crippen MR) is 225 cm³/mol. The molecule has 5 rings (SSSR count). The van der Waals surface area contributed by atoms with E-state index in [1.54, 1.807) is 122 Å². The van der Waals surface area contributed by atoms with Gasteiger partial charge in [-0.1, -0.05) is 92.1 Å². The maximum absolute atomic E-state index is 15.9. The molecule has 13 heteroatoms. The van der Waals surface area contributed by atoms with Crippen LogP contribution in [0.4, 0.5) is 0 Å². The van der Waals surface area contributed by atoms with Gasteiger partial charge in [-0.15, -0.1) is 0 Å². The van der Waals surface area contributed by atoms with Gasteiger partial charge in [-0.2, -0.15) is 0 Å². The second-order valence-corrected chi connectivity index (χ2v) is 15.5. The lowest BCUT2D eigenvalue weighted by Gasteiger charge is -2.26. The molecule has 3 unspecified atom stereocenters. The number of benzene rings is 3. The molecule has 0 radical (unpaired) electrons. The summed E-state index contributed by atoms with van der Waals surface area (Å²) in [6, 6.07) is 30.4. The van der Waals surface area contributed by atoms with Gasteiger partial charge in [0, 0.05) is 37.2 Å². The van der Waals surface area contributed by atoms with Crippen molar-refractivity contribution in [1.82, 2.24) is 9.97 Å². The van der Waals surface area contributed by atoms with Crippen LogP contribution in [0.5, 0.6) is 23.0 Å². The summed E-state index contributed by atoms with van der Waals surface area (Å²) in [5, 5.41) is 1.39. The van der Waals surface area contributed by atoms with E-state index in [2.05, 4.69) is 28.1 Å². The van der Waals surface area contributed by atoms with Gasteiger partial charge < -0.3 is 27.2 Å². The van der Waals surface area contributed by atoms with E-state index >= 15 is 4.57 Å². The summed E-state index contributed by atoms with van der Waals surface area (Å²) in [5.74, 6) is 1.95. The summed E-state index contributed by atoms with van der Waals surface area (Å²) in [5.41, 5.74) is 0. The molecule has 3 aromatic carbocycles. The molecule has 0 aliphatic heterocycles. The summed E-state index contributed by atoms with van der Waals surface area (Å²) in [7, 11) is -6.31. The molecule has 0 amide bonds. The highest BCUT2D eigenvalue weighted by Gasteiger charge is 2.37. The number of para-hydroxylation sites is 2. The monoisotopic (exact) mass is 793 g/mol. The van der Waals surface area contributed by atoms with E-state index in [0.29, 0.717) is 44.7 Å². The Morgan fingerprint density at radius 1 is 0.709 bits per heavy atom. The Hall–Kier alpha value is -5.62. The van der Waals surface area contributed by atoms with Gasteiger partial charge in [0.05, 0.1) is 23.0 Å². The number of aromatic nitrogens is 2. The lowest BCUT2D eigenvalue weighted by Crippen LogP contribution is -2.27. The Balaban J connectivity index is 0.000000876. The second kappa shape index (κ2) is 23.2. The zero-order valence-electron chi connectivity index (χ0n) is 30.7. The zero-order chi connectivity index (χ0) is 39.1. The summed E-state index contributed by atoms with van der Waals surface area (Å²) in [6.07, 6.45) is 20.2. The van der Waals surface area contributed by atoms with E-state index in [-0.39, 0.29) is 0 Å². The molecule has 5 aromatic rings. The van der Waals surface area contributed by atoms with Crippen LogP contribution in [0.3, 0.4) is 0 Å². The maximum Gasteiger partial charge on any atom is 0.530 e. The predicted octanol–water partition coefficient (Wildman–Crippen LogP) is 10.6. The molecule has 0 bridgehead atoms. The molecule has 10 nitrogen and oxygen atoms in total. The van der Waals surface area contributed by atoms with Crippen LogP contribution < -0.4 is 34.0 Å². The first-order chi connectivity index (χ1) is 27.0. The molecular formula is C42H42N3O7P3. The third-order valence-corrected chi connectivity index (χ3v) is 12.1. The van der Waals surface area contributed by atoms with Gasteiger partial charge in [0.25, 0.3) is 0 Å². The summed E-state index contributed by atoms with van der Waals surface area (Å²) in [6.45, 7) is 11.1. The SMILES string of the molecule is C=C/C(=C\C=C/C)OP(Oc1cccnc1)Oc1ccccc1P(=O)(c1ccccc1)c1ccccc1OP(OC)Oc1cccnc1.C=CC=N/C=C\C. The molecule has 0 N–H and O–H groups in total. The van der Waals surface area contributed by atoms with E-state index in [4.69, 9.17) is 27.1 Å². The molecule has 0 aliphatic carbocycles. The van der Waals surface area contributed by atoms with Crippen LogP contribution in [0.2, 0.25) is 0 Å². The third-order valence-electron chi connectivity index (χ3n) is 6.91. The number of aliphatic imine (C=N–C) groups is 1. The first-order valence-electron chi connectivity index (χ1n) is 16.9. The van der Waals surface area contributed by atoms with Gasteiger partial charge in [0.15, 0.2) is 7.14 Å². The number of hydrogen-bond acceptors (Lipinski definition) is 10. The summed E-state index contributed by atoms with van der Waals surface area (Å²) in [4.78, 5) is 12.0. The fourth-order valence-corrected chi connectivity index (χ4v) is 9.34. The summed E-state index contributed by atoms with van der Waals surface area (Å²) < 4.78 is 52.5. The van der Waals surface area contributed by atoms with Crippen LogP contribution in [-0.2, 0) is 13.6 Å². The van der Waals surface area contributed by atoms with Crippen molar-refractivity contribution in [3.05, 3.63) is 189 Å². The van der Waals surface area contributed by atoms with Crippen LogP contribution in [0, 0.1) is 0 Å². The van der Waals surface area contributed by atoms with Crippen molar-refractivity contribution in [3.63, 3.8) is 0 Å². The topological polar surface area (TPSA) is 111 Å². The minimum Gasteiger partial charge on any atom is -0.417 e. The fraction of sp³-hybridized carbons (Fsp3) is 0.0714. The van der Waals surface area contributed by atoms with Crippen LogP contribution in [0.25, 0.3) is 0 Å². The van der Waals surface area contributed by atoms with Gasteiger partial charge in [-0.3, -0.25) is 19.5 Å². The van der Waals surface area contributed by atoms with E-state index in [0.717, 1.165) is 0 Å². The van der Waals surface area contributed by atoms with E-state index < -0.39 is 24.3 Å². The van der Waals surface area contributed by atoms with Crippen molar-refractivity contribution in [3.8, 4) is 23.0 Å². The van der Waals surface area contributed by atoms with Gasteiger partial charge in [0.2, 0.25) is 0 Å². The number of pyridine rings is 2. The van der Waals surface area contributed by atoms with E-state index in [9.17, 15) is 0 Å². The number of allylic oxidation sites excluding steroid dienone is 6. The number of rotatable bonds is 18. The van der Waals surface area contributed by atoms with Gasteiger partial charge in [0.1, 0.15) is 28.8 Å². The second-order valence-electron chi connectivity index (χ2n) is 10.7. The van der Waals surface area contributed by atoms with Crippen molar-refractivity contribution >= 4 is 46.5 Å². The first kappa shape index (κ1) is 42.1. The zero-order valence-corrected chi connectivity index (χ0v) is 33.4. The lowest BCUT2D eigenvalue weighted by molar-refractivity contribution is 0.323. The molecule has 2 heterocycles. The smallest absolute Gasteiger partial charge is 0.417 e. The van der Waals surface area contributed by atoms with Crippen LogP contribution in [0.1, 0.15) is 13.8 Å². The summed E-state index contributed by atoms with van der Waals surface area (Å²) >= 11 is 0. The minimum absolute atomic E-state index is 0.296.